The van der Waals surface area contributed by atoms with E-state index in [0.717, 1.165) is 25.5 Å². The molecule has 68 valence electrons. The van der Waals surface area contributed by atoms with E-state index in [1.54, 1.807) is 0 Å². The third kappa shape index (κ3) is 2.47. The molecule has 1 heteroatoms. The fourth-order valence-electron chi connectivity index (χ4n) is 1.81. The quantitative estimate of drug-likeness (QED) is 0.348. The van der Waals surface area contributed by atoms with Crippen LogP contribution >= 0.6 is 0 Å². The van der Waals surface area contributed by atoms with Crippen molar-refractivity contribution in [3.8, 4) is 0 Å². The average molecular weight is 166 g/mol. The highest BCUT2D eigenvalue weighted by molar-refractivity contribution is 5.59. The van der Waals surface area contributed by atoms with E-state index >= 15 is 0 Å². The highest BCUT2D eigenvalue weighted by Gasteiger charge is 2.16. The third-order valence-corrected chi connectivity index (χ3v) is 2.59. The summed E-state index contributed by atoms with van der Waals surface area (Å²) in [5, 5.41) is 0. The minimum atomic E-state index is 0.266. The molecule has 0 N–H and O–H groups in total. The van der Waals surface area contributed by atoms with Crippen LogP contribution in [0.15, 0.2) is 11.6 Å². The normalized spacial score (nSPS) is 22.4. The summed E-state index contributed by atoms with van der Waals surface area (Å²) in [7, 11) is 0. The van der Waals surface area contributed by atoms with Crippen LogP contribution in [0.2, 0.25) is 0 Å². The Labute approximate surface area is 74.9 Å². The lowest BCUT2D eigenvalue weighted by molar-refractivity contribution is -0.110. The summed E-state index contributed by atoms with van der Waals surface area (Å²) in [6.45, 7) is 2.21. The maximum atomic E-state index is 10.6. The Bertz CT molecular complexity index is 170. The van der Waals surface area contributed by atoms with Gasteiger partial charge in [-0.05, 0) is 25.7 Å². The Morgan fingerprint density at radius 1 is 1.58 bits per heavy atom. The third-order valence-electron chi connectivity index (χ3n) is 2.59. The second-order valence-corrected chi connectivity index (χ2v) is 3.56. The number of carbonyl (C=O) groups is 1. The Balaban J connectivity index is 2.26. The molecule has 1 aliphatic carbocycles. The largest absolute Gasteiger partial charge is 0.303 e. The molecule has 1 unspecified atom stereocenters. The van der Waals surface area contributed by atoms with Gasteiger partial charge in [0.2, 0.25) is 0 Å². The van der Waals surface area contributed by atoms with E-state index in [1.807, 2.05) is 0 Å². The monoisotopic (exact) mass is 166 g/mol. The molecule has 0 saturated heterocycles. The van der Waals surface area contributed by atoms with Crippen molar-refractivity contribution in [1.29, 1.82) is 0 Å². The van der Waals surface area contributed by atoms with E-state index < -0.39 is 0 Å². The van der Waals surface area contributed by atoms with Gasteiger partial charge in [-0.1, -0.05) is 31.4 Å². The first-order chi connectivity index (χ1) is 5.88. The van der Waals surface area contributed by atoms with Crippen LogP contribution in [0.3, 0.4) is 0 Å². The summed E-state index contributed by atoms with van der Waals surface area (Å²) in [6.07, 6.45) is 10.5. The summed E-state index contributed by atoms with van der Waals surface area (Å²) < 4.78 is 0. The fraction of sp³-hybridized carbons (Fsp3) is 0.727. The van der Waals surface area contributed by atoms with Crippen molar-refractivity contribution in [1.82, 2.24) is 0 Å². The maximum absolute atomic E-state index is 10.6. The molecule has 1 atom stereocenters. The number of unbranched alkanes of at least 4 members (excludes halogenated alkanes) is 2. The molecule has 12 heavy (non-hydrogen) atoms. The van der Waals surface area contributed by atoms with Crippen molar-refractivity contribution in [3.63, 3.8) is 0 Å². The van der Waals surface area contributed by atoms with Crippen molar-refractivity contribution in [3.05, 3.63) is 11.6 Å². The van der Waals surface area contributed by atoms with E-state index in [2.05, 4.69) is 13.0 Å². The van der Waals surface area contributed by atoms with Gasteiger partial charge in [0.1, 0.15) is 6.29 Å². The number of allylic oxidation sites excluding steroid dienone is 2. The molecule has 1 aliphatic rings. The maximum Gasteiger partial charge on any atom is 0.127 e. The zero-order valence-electron chi connectivity index (χ0n) is 7.88. The van der Waals surface area contributed by atoms with Gasteiger partial charge in [0.05, 0.1) is 0 Å². The molecule has 0 bridgehead atoms. The zero-order valence-corrected chi connectivity index (χ0v) is 7.88. The highest BCUT2D eigenvalue weighted by atomic mass is 16.1. The molecule has 0 saturated carbocycles. The Kier molecular flexibility index (Phi) is 4.06. The van der Waals surface area contributed by atoms with E-state index in [-0.39, 0.29) is 5.92 Å². The Morgan fingerprint density at radius 3 is 3.08 bits per heavy atom. The topological polar surface area (TPSA) is 17.1 Å². The van der Waals surface area contributed by atoms with Gasteiger partial charge in [-0.2, -0.15) is 0 Å². The lowest BCUT2D eigenvalue weighted by atomic mass is 9.98. The molecule has 0 spiro atoms. The first-order valence-electron chi connectivity index (χ1n) is 5.02. The van der Waals surface area contributed by atoms with Crippen LogP contribution in [0.4, 0.5) is 0 Å². The number of hydrogen-bond donors (Lipinski definition) is 0. The molecule has 1 nitrogen and oxygen atoms in total. The number of carbonyl (C=O) groups excluding carboxylic acids is 1. The second-order valence-electron chi connectivity index (χ2n) is 3.56. The van der Waals surface area contributed by atoms with E-state index in [0.29, 0.717) is 0 Å². The first-order valence-corrected chi connectivity index (χ1v) is 5.02. The van der Waals surface area contributed by atoms with Gasteiger partial charge in [0, 0.05) is 5.92 Å². The molecule has 0 heterocycles. The Morgan fingerprint density at radius 2 is 2.42 bits per heavy atom. The van der Waals surface area contributed by atoms with Crippen LogP contribution in [-0.4, -0.2) is 6.29 Å². The average Bonchev–Trinajstić information content (AvgIpc) is 2.52. The van der Waals surface area contributed by atoms with Gasteiger partial charge in [0.25, 0.3) is 0 Å². The summed E-state index contributed by atoms with van der Waals surface area (Å²) in [5.41, 5.74) is 1.40. The van der Waals surface area contributed by atoms with Gasteiger partial charge in [-0.15, -0.1) is 0 Å². The number of aldehydes is 1. The highest BCUT2D eigenvalue weighted by Crippen LogP contribution is 2.27. The van der Waals surface area contributed by atoms with E-state index in [1.165, 1.54) is 24.8 Å². The summed E-state index contributed by atoms with van der Waals surface area (Å²) in [4.78, 5) is 10.6. The summed E-state index contributed by atoms with van der Waals surface area (Å²) in [6, 6.07) is 0. The molecule has 0 aromatic heterocycles. The molecule has 1 rings (SSSR count). The van der Waals surface area contributed by atoms with Crippen LogP contribution in [0, 0.1) is 5.92 Å². The molecule has 0 aliphatic heterocycles. The van der Waals surface area contributed by atoms with Crippen LogP contribution in [0.1, 0.15) is 45.4 Å². The van der Waals surface area contributed by atoms with Crippen molar-refractivity contribution in [2.24, 2.45) is 5.92 Å². The van der Waals surface area contributed by atoms with Gasteiger partial charge in [-0.25, -0.2) is 0 Å². The molecule has 0 radical (unpaired) electrons. The van der Waals surface area contributed by atoms with Crippen molar-refractivity contribution in [2.75, 3.05) is 0 Å². The van der Waals surface area contributed by atoms with Crippen LogP contribution in [-0.2, 0) is 4.79 Å². The van der Waals surface area contributed by atoms with Crippen LogP contribution in [0.25, 0.3) is 0 Å². The van der Waals surface area contributed by atoms with Gasteiger partial charge >= 0.3 is 0 Å². The number of rotatable bonds is 5. The van der Waals surface area contributed by atoms with Crippen molar-refractivity contribution < 1.29 is 4.79 Å². The minimum Gasteiger partial charge on any atom is -0.303 e. The molecule has 0 amide bonds. The predicted molar refractivity (Wildman–Crippen MR) is 51.0 cm³/mol. The standard InChI is InChI=1S/C11H18O/c1-2-3-4-6-10-7-5-8-11(10)9-12/h7,9,11H,2-6,8H2,1H3. The minimum absolute atomic E-state index is 0.266. The molecular weight excluding hydrogens is 148 g/mol. The number of hydrogen-bond acceptors (Lipinski definition) is 1. The molecule has 0 aromatic rings. The molecule has 0 fully saturated rings. The van der Waals surface area contributed by atoms with Gasteiger partial charge in [0.15, 0.2) is 0 Å². The van der Waals surface area contributed by atoms with Crippen LogP contribution in [0.5, 0.6) is 0 Å². The van der Waals surface area contributed by atoms with E-state index in [9.17, 15) is 4.79 Å². The molecule has 0 aromatic carbocycles. The van der Waals surface area contributed by atoms with Gasteiger partial charge in [-0.3, -0.25) is 0 Å². The zero-order chi connectivity index (χ0) is 8.81. The molecular formula is C11H18O. The van der Waals surface area contributed by atoms with Gasteiger partial charge < -0.3 is 4.79 Å². The fourth-order valence-corrected chi connectivity index (χ4v) is 1.81. The SMILES string of the molecule is CCCCCC1=CCCC1C=O. The Hall–Kier alpha value is -0.590. The smallest absolute Gasteiger partial charge is 0.127 e. The van der Waals surface area contributed by atoms with Crippen molar-refractivity contribution >= 4 is 6.29 Å². The summed E-state index contributed by atoms with van der Waals surface area (Å²) >= 11 is 0. The van der Waals surface area contributed by atoms with E-state index in [4.69, 9.17) is 0 Å². The summed E-state index contributed by atoms with van der Waals surface area (Å²) in [5.74, 6) is 0.266. The van der Waals surface area contributed by atoms with Crippen LogP contribution < -0.4 is 0 Å². The first kappa shape index (κ1) is 9.50. The second kappa shape index (κ2) is 5.13. The lowest BCUT2D eigenvalue weighted by Gasteiger charge is -2.06. The van der Waals surface area contributed by atoms with Crippen molar-refractivity contribution in [2.45, 2.75) is 45.4 Å². The predicted octanol–water partition coefficient (Wildman–Crippen LogP) is 3.10. The lowest BCUT2D eigenvalue weighted by Crippen LogP contribution is -2.00.